The predicted molar refractivity (Wildman–Crippen MR) is 68.5 cm³/mol. The van der Waals surface area contributed by atoms with Gasteiger partial charge >= 0.3 is 0 Å². The number of amides is 1. The second-order valence-electron chi connectivity index (χ2n) is 4.17. The smallest absolute Gasteiger partial charge is 0.238 e. The number of hydrogen-bond acceptors (Lipinski definition) is 4. The fraction of sp³-hybridized carbons (Fsp3) is 0.417. The molecule has 0 radical (unpaired) electrons. The van der Waals surface area contributed by atoms with Crippen LogP contribution in [0.1, 0.15) is 18.1 Å². The summed E-state index contributed by atoms with van der Waals surface area (Å²) in [6.45, 7) is 1.53. The molecule has 0 spiro atoms. The van der Waals surface area contributed by atoms with E-state index in [-0.39, 0.29) is 13.2 Å². The third-order valence-electron chi connectivity index (χ3n) is 2.65. The topological polar surface area (TPSA) is 83.5 Å². The number of hydrogen-bond donors (Lipinski definition) is 2. The average Bonchev–Trinajstić information content (AvgIpc) is 2.34. The Bertz CT molecular complexity index is 525. The minimum atomic E-state index is -3.37. The van der Waals surface area contributed by atoms with Gasteiger partial charge in [0, 0.05) is 12.8 Å². The van der Waals surface area contributed by atoms with Gasteiger partial charge in [-0.15, -0.1) is 0 Å². The zero-order chi connectivity index (χ0) is 13.8. The zero-order valence-electron chi connectivity index (χ0n) is 10.4. The zero-order valence-corrected chi connectivity index (χ0v) is 11.2. The maximum atomic E-state index is 11.6. The lowest BCUT2D eigenvalue weighted by Gasteiger charge is -2.10. The van der Waals surface area contributed by atoms with E-state index in [1.165, 1.54) is 6.92 Å². The first kappa shape index (κ1) is 14.7. The summed E-state index contributed by atoms with van der Waals surface area (Å²) in [6, 6.07) is 7.09. The van der Waals surface area contributed by atoms with Crippen molar-refractivity contribution in [1.29, 1.82) is 0 Å². The van der Waals surface area contributed by atoms with Crippen LogP contribution in [0.4, 0.5) is 0 Å². The van der Waals surface area contributed by atoms with E-state index in [2.05, 4.69) is 5.32 Å². The minimum Gasteiger partial charge on any atom is -0.392 e. The van der Waals surface area contributed by atoms with Crippen LogP contribution in [0.5, 0.6) is 0 Å². The van der Waals surface area contributed by atoms with Crippen molar-refractivity contribution in [3.05, 3.63) is 35.4 Å². The van der Waals surface area contributed by atoms with Crippen molar-refractivity contribution < 1.29 is 18.3 Å². The molecule has 100 valence electrons. The third-order valence-corrected chi connectivity index (χ3v) is 4.15. The molecule has 2 N–H and O–H groups in total. The molecule has 1 aromatic carbocycles. The van der Waals surface area contributed by atoms with E-state index >= 15 is 0 Å². The first-order valence-corrected chi connectivity index (χ1v) is 7.45. The molecule has 5 nitrogen and oxygen atoms in total. The molecule has 6 heteroatoms. The summed E-state index contributed by atoms with van der Waals surface area (Å²) >= 11 is 0. The molecule has 0 aliphatic heterocycles. The van der Waals surface area contributed by atoms with Crippen molar-refractivity contribution >= 4 is 15.7 Å². The molecule has 0 fully saturated rings. The molecule has 0 saturated carbocycles. The van der Waals surface area contributed by atoms with E-state index in [4.69, 9.17) is 5.11 Å². The largest absolute Gasteiger partial charge is 0.392 e. The molecule has 1 unspecified atom stereocenters. The standard InChI is InChI=1S/C12H17NO4S/c1-9(18(2,16)17)12(15)13-7-10-4-3-5-11(6-10)8-14/h3-6,9,14H,7-8H2,1-2H3,(H,13,15). The Kier molecular flexibility index (Phi) is 4.86. The average molecular weight is 271 g/mol. The van der Waals surface area contributed by atoms with Gasteiger partial charge in [-0.05, 0) is 18.1 Å². The number of rotatable bonds is 5. The molecule has 0 heterocycles. The van der Waals surface area contributed by atoms with Crippen molar-refractivity contribution in [3.63, 3.8) is 0 Å². The number of aliphatic hydroxyl groups excluding tert-OH is 1. The summed E-state index contributed by atoms with van der Waals surface area (Å²) in [5, 5.41) is 10.5. The Labute approximate surface area is 107 Å². The van der Waals surface area contributed by atoms with Gasteiger partial charge < -0.3 is 10.4 Å². The molecule has 0 aliphatic carbocycles. The number of sulfone groups is 1. The van der Waals surface area contributed by atoms with E-state index < -0.39 is 21.0 Å². The van der Waals surface area contributed by atoms with Crippen molar-refractivity contribution in [1.82, 2.24) is 5.32 Å². The van der Waals surface area contributed by atoms with Gasteiger partial charge in [-0.1, -0.05) is 24.3 Å². The van der Waals surface area contributed by atoms with Crippen LogP contribution < -0.4 is 5.32 Å². The SMILES string of the molecule is CC(C(=O)NCc1cccc(CO)c1)S(C)(=O)=O. The van der Waals surface area contributed by atoms with Gasteiger partial charge in [0.1, 0.15) is 5.25 Å². The second-order valence-corrected chi connectivity index (χ2v) is 6.53. The molecule has 18 heavy (non-hydrogen) atoms. The maximum Gasteiger partial charge on any atom is 0.238 e. The molecule has 1 amide bonds. The fourth-order valence-corrected chi connectivity index (χ4v) is 1.84. The molecule has 0 aromatic heterocycles. The van der Waals surface area contributed by atoms with Gasteiger partial charge in [0.25, 0.3) is 0 Å². The first-order valence-electron chi connectivity index (χ1n) is 5.50. The molecular formula is C12H17NO4S. The van der Waals surface area contributed by atoms with E-state index in [9.17, 15) is 13.2 Å². The number of carbonyl (C=O) groups excluding carboxylic acids is 1. The minimum absolute atomic E-state index is 0.0679. The van der Waals surface area contributed by atoms with Crippen LogP contribution in [0.2, 0.25) is 0 Å². The molecule has 1 atom stereocenters. The molecule has 0 aliphatic rings. The van der Waals surface area contributed by atoms with Crippen molar-refractivity contribution in [2.75, 3.05) is 6.26 Å². The van der Waals surface area contributed by atoms with Crippen LogP contribution in [-0.4, -0.2) is 30.9 Å². The lowest BCUT2D eigenvalue weighted by molar-refractivity contribution is -0.120. The molecule has 1 aromatic rings. The van der Waals surface area contributed by atoms with E-state index in [0.717, 1.165) is 17.4 Å². The fourth-order valence-electron chi connectivity index (χ4n) is 1.37. The highest BCUT2D eigenvalue weighted by Gasteiger charge is 2.22. The summed E-state index contributed by atoms with van der Waals surface area (Å²) in [5.74, 6) is -0.521. The number of benzene rings is 1. The summed E-state index contributed by atoms with van der Waals surface area (Å²) in [4.78, 5) is 11.6. The number of nitrogens with one attached hydrogen (secondary N) is 1. The highest BCUT2D eigenvalue weighted by atomic mass is 32.2. The van der Waals surface area contributed by atoms with Gasteiger partial charge in [0.2, 0.25) is 5.91 Å². The van der Waals surface area contributed by atoms with Crippen LogP contribution in [0, 0.1) is 0 Å². The van der Waals surface area contributed by atoms with Crippen LogP contribution in [0.3, 0.4) is 0 Å². The van der Waals surface area contributed by atoms with Crippen LogP contribution in [0.25, 0.3) is 0 Å². The second kappa shape index (κ2) is 5.97. The van der Waals surface area contributed by atoms with E-state index in [1.54, 1.807) is 24.3 Å². The van der Waals surface area contributed by atoms with Crippen LogP contribution >= 0.6 is 0 Å². The third kappa shape index (κ3) is 4.12. The summed E-state index contributed by atoms with van der Waals surface area (Å²) < 4.78 is 22.4. The Morgan fingerprint density at radius 3 is 2.56 bits per heavy atom. The van der Waals surface area contributed by atoms with Gasteiger partial charge in [0.05, 0.1) is 6.61 Å². The monoisotopic (exact) mass is 271 g/mol. The van der Waals surface area contributed by atoms with Gasteiger partial charge in [-0.3, -0.25) is 4.79 Å². The number of carbonyl (C=O) groups is 1. The van der Waals surface area contributed by atoms with Gasteiger partial charge in [-0.2, -0.15) is 0 Å². The van der Waals surface area contributed by atoms with Gasteiger partial charge in [0.15, 0.2) is 9.84 Å². The van der Waals surface area contributed by atoms with Crippen LogP contribution in [-0.2, 0) is 27.8 Å². The Hall–Kier alpha value is -1.40. The van der Waals surface area contributed by atoms with Crippen LogP contribution in [0.15, 0.2) is 24.3 Å². The summed E-state index contributed by atoms with van der Waals surface area (Å²) in [7, 11) is -3.37. The Morgan fingerprint density at radius 1 is 1.39 bits per heavy atom. The van der Waals surface area contributed by atoms with Gasteiger partial charge in [-0.25, -0.2) is 8.42 Å². The van der Waals surface area contributed by atoms with E-state index in [1.807, 2.05) is 0 Å². The van der Waals surface area contributed by atoms with Crippen molar-refractivity contribution in [3.8, 4) is 0 Å². The molecule has 0 bridgehead atoms. The number of aliphatic hydroxyl groups is 1. The lowest BCUT2D eigenvalue weighted by atomic mass is 10.1. The molecule has 1 rings (SSSR count). The Morgan fingerprint density at radius 2 is 2.00 bits per heavy atom. The summed E-state index contributed by atoms with van der Waals surface area (Å²) in [6.07, 6.45) is 1.03. The predicted octanol–water partition coefficient (Wildman–Crippen LogP) is 0.228. The molecular weight excluding hydrogens is 254 g/mol. The molecule has 0 saturated heterocycles. The van der Waals surface area contributed by atoms with Crippen molar-refractivity contribution in [2.24, 2.45) is 0 Å². The quantitative estimate of drug-likeness (QED) is 0.803. The highest BCUT2D eigenvalue weighted by Crippen LogP contribution is 2.05. The Balaban J connectivity index is 2.63. The first-order chi connectivity index (χ1) is 8.34. The lowest BCUT2D eigenvalue weighted by Crippen LogP contribution is -2.37. The van der Waals surface area contributed by atoms with E-state index in [0.29, 0.717) is 0 Å². The highest BCUT2D eigenvalue weighted by molar-refractivity contribution is 7.92. The maximum absolute atomic E-state index is 11.6. The summed E-state index contributed by atoms with van der Waals surface area (Å²) in [5.41, 5.74) is 1.56. The van der Waals surface area contributed by atoms with Crippen molar-refractivity contribution in [2.45, 2.75) is 25.3 Å². The normalized spacial score (nSPS) is 13.1.